The van der Waals surface area contributed by atoms with E-state index in [0.29, 0.717) is 12.1 Å². The zero-order chi connectivity index (χ0) is 16.9. The van der Waals surface area contributed by atoms with Crippen molar-refractivity contribution >= 4 is 11.8 Å². The Kier molecular flexibility index (Phi) is 5.54. The van der Waals surface area contributed by atoms with Gasteiger partial charge in [0.05, 0.1) is 0 Å². The van der Waals surface area contributed by atoms with Crippen molar-refractivity contribution in [1.29, 1.82) is 0 Å². The average Bonchev–Trinajstić information content (AvgIpc) is 2.61. The summed E-state index contributed by atoms with van der Waals surface area (Å²) >= 11 is 0. The highest BCUT2D eigenvalue weighted by molar-refractivity contribution is 5.92. The number of hydrogen-bond donors (Lipinski definition) is 2. The molecule has 4 heteroatoms. The monoisotopic (exact) mass is 328 g/mol. The van der Waals surface area contributed by atoms with E-state index < -0.39 is 5.91 Å². The standard InChI is InChI=1S/C20H28N2O2/c21-19(23)17-7-3-4-14(12-17)10-11-22-20(24)18-9-8-15-5-1-2-6-16(15)13-18/h3-4,7,12,15-16,18H,1-2,5-6,8-11,13H2,(H2,21,23)(H,22,24)/t15-,16-,18-/m1/s1. The third-order valence-corrected chi connectivity index (χ3v) is 5.83. The predicted molar refractivity (Wildman–Crippen MR) is 94.5 cm³/mol. The number of primary amides is 1. The van der Waals surface area contributed by atoms with Crippen LogP contribution >= 0.6 is 0 Å². The molecule has 3 rings (SSSR count). The molecule has 24 heavy (non-hydrogen) atoms. The molecular formula is C20H28N2O2. The maximum atomic E-state index is 12.5. The normalized spacial score (nSPS) is 26.4. The number of hydrogen-bond acceptors (Lipinski definition) is 2. The first-order chi connectivity index (χ1) is 11.6. The highest BCUT2D eigenvalue weighted by Gasteiger charge is 2.34. The molecule has 1 aromatic rings. The van der Waals surface area contributed by atoms with Crippen molar-refractivity contribution in [3.05, 3.63) is 35.4 Å². The fourth-order valence-corrected chi connectivity index (χ4v) is 4.47. The summed E-state index contributed by atoms with van der Waals surface area (Å²) in [5, 5.41) is 3.09. The maximum absolute atomic E-state index is 12.5. The summed E-state index contributed by atoms with van der Waals surface area (Å²) in [6.45, 7) is 0.617. The van der Waals surface area contributed by atoms with Crippen LogP contribution in [0.3, 0.4) is 0 Å². The van der Waals surface area contributed by atoms with Crippen LogP contribution in [-0.4, -0.2) is 18.4 Å². The van der Waals surface area contributed by atoms with E-state index >= 15 is 0 Å². The third kappa shape index (κ3) is 4.16. The summed E-state index contributed by atoms with van der Waals surface area (Å²) in [5.74, 6) is 1.64. The molecule has 4 nitrogen and oxygen atoms in total. The van der Waals surface area contributed by atoms with Crippen molar-refractivity contribution in [3.63, 3.8) is 0 Å². The molecule has 0 aliphatic heterocycles. The SMILES string of the molecule is NC(=O)c1cccc(CCNC(=O)[C@@H]2CC[C@H]3CCCC[C@@H]3C2)c1. The van der Waals surface area contributed by atoms with Gasteiger partial charge in [0.2, 0.25) is 11.8 Å². The van der Waals surface area contributed by atoms with Gasteiger partial charge in [-0.1, -0.05) is 37.8 Å². The fraction of sp³-hybridized carbons (Fsp3) is 0.600. The zero-order valence-corrected chi connectivity index (χ0v) is 14.3. The third-order valence-electron chi connectivity index (χ3n) is 5.83. The number of benzene rings is 1. The van der Waals surface area contributed by atoms with E-state index in [1.807, 2.05) is 18.2 Å². The van der Waals surface area contributed by atoms with Gasteiger partial charge in [-0.05, 0) is 55.2 Å². The van der Waals surface area contributed by atoms with E-state index in [1.165, 1.54) is 32.1 Å². The minimum Gasteiger partial charge on any atom is -0.366 e. The van der Waals surface area contributed by atoms with Gasteiger partial charge in [0.15, 0.2) is 0 Å². The molecule has 0 saturated heterocycles. The lowest BCUT2D eigenvalue weighted by Crippen LogP contribution is -2.38. The Balaban J connectivity index is 1.46. The Hall–Kier alpha value is -1.84. The van der Waals surface area contributed by atoms with Crippen LogP contribution < -0.4 is 11.1 Å². The first-order valence-electron chi connectivity index (χ1n) is 9.30. The van der Waals surface area contributed by atoms with Crippen molar-refractivity contribution in [2.24, 2.45) is 23.5 Å². The second-order valence-electron chi connectivity index (χ2n) is 7.42. The minimum atomic E-state index is -0.412. The van der Waals surface area contributed by atoms with Gasteiger partial charge in [0.25, 0.3) is 0 Å². The molecule has 130 valence electrons. The number of rotatable bonds is 5. The van der Waals surface area contributed by atoms with E-state index in [2.05, 4.69) is 5.32 Å². The topological polar surface area (TPSA) is 72.2 Å². The van der Waals surface area contributed by atoms with Gasteiger partial charge in [-0.25, -0.2) is 0 Å². The van der Waals surface area contributed by atoms with E-state index in [0.717, 1.165) is 36.7 Å². The molecule has 2 amide bonds. The molecule has 0 radical (unpaired) electrons. The second-order valence-corrected chi connectivity index (χ2v) is 7.42. The molecule has 0 heterocycles. The zero-order valence-electron chi connectivity index (χ0n) is 14.3. The van der Waals surface area contributed by atoms with Gasteiger partial charge in [-0.15, -0.1) is 0 Å². The van der Waals surface area contributed by atoms with Crippen molar-refractivity contribution in [2.45, 2.75) is 51.4 Å². The summed E-state index contributed by atoms with van der Waals surface area (Å²) in [4.78, 5) is 23.7. The van der Waals surface area contributed by atoms with Crippen LogP contribution in [0.15, 0.2) is 24.3 Å². The van der Waals surface area contributed by atoms with Crippen LogP contribution in [0.2, 0.25) is 0 Å². The first-order valence-corrected chi connectivity index (χ1v) is 9.30. The Bertz CT molecular complexity index is 599. The Morgan fingerprint density at radius 1 is 1.08 bits per heavy atom. The molecule has 2 aliphatic carbocycles. The summed E-state index contributed by atoms with van der Waals surface area (Å²) in [7, 11) is 0. The Morgan fingerprint density at radius 2 is 1.88 bits per heavy atom. The first kappa shape index (κ1) is 17.0. The van der Waals surface area contributed by atoms with Gasteiger partial charge in [0, 0.05) is 18.0 Å². The van der Waals surface area contributed by atoms with Gasteiger partial charge in [-0.2, -0.15) is 0 Å². The fourth-order valence-electron chi connectivity index (χ4n) is 4.47. The number of nitrogens with one attached hydrogen (secondary N) is 1. The molecule has 0 spiro atoms. The number of amides is 2. The van der Waals surface area contributed by atoms with Crippen molar-refractivity contribution < 1.29 is 9.59 Å². The quantitative estimate of drug-likeness (QED) is 0.872. The van der Waals surface area contributed by atoms with Crippen LogP contribution in [-0.2, 0) is 11.2 Å². The number of carbonyl (C=O) groups excluding carboxylic acids is 2. The average molecular weight is 328 g/mol. The lowest BCUT2D eigenvalue weighted by Gasteiger charge is -2.38. The molecule has 2 aliphatic rings. The van der Waals surface area contributed by atoms with Crippen LogP contribution in [0.4, 0.5) is 0 Å². The number of carbonyl (C=O) groups is 2. The van der Waals surface area contributed by atoms with Gasteiger partial charge in [0.1, 0.15) is 0 Å². The van der Waals surface area contributed by atoms with Crippen LogP contribution in [0.1, 0.15) is 60.9 Å². The highest BCUT2D eigenvalue weighted by Crippen LogP contribution is 2.42. The van der Waals surface area contributed by atoms with E-state index in [-0.39, 0.29) is 11.8 Å². The van der Waals surface area contributed by atoms with E-state index in [1.54, 1.807) is 6.07 Å². The Labute approximate surface area is 144 Å². The van der Waals surface area contributed by atoms with Crippen molar-refractivity contribution in [3.8, 4) is 0 Å². The predicted octanol–water partition coefficient (Wildman–Crippen LogP) is 3.05. The van der Waals surface area contributed by atoms with Gasteiger partial charge < -0.3 is 11.1 Å². The van der Waals surface area contributed by atoms with Crippen LogP contribution in [0, 0.1) is 17.8 Å². The molecule has 2 saturated carbocycles. The molecular weight excluding hydrogens is 300 g/mol. The molecule has 3 atom stereocenters. The maximum Gasteiger partial charge on any atom is 0.248 e. The summed E-state index contributed by atoms with van der Waals surface area (Å²) in [6.07, 6.45) is 9.48. The molecule has 1 aromatic carbocycles. The largest absolute Gasteiger partial charge is 0.366 e. The van der Waals surface area contributed by atoms with Crippen LogP contribution in [0.25, 0.3) is 0 Å². The molecule has 0 aromatic heterocycles. The van der Waals surface area contributed by atoms with Crippen LogP contribution in [0.5, 0.6) is 0 Å². The minimum absolute atomic E-state index is 0.196. The molecule has 0 bridgehead atoms. The summed E-state index contributed by atoms with van der Waals surface area (Å²) < 4.78 is 0. The molecule has 0 unspecified atom stereocenters. The number of nitrogens with two attached hydrogens (primary N) is 1. The van der Waals surface area contributed by atoms with Gasteiger partial charge in [-0.3, -0.25) is 9.59 Å². The molecule has 2 fully saturated rings. The Morgan fingerprint density at radius 3 is 2.67 bits per heavy atom. The van der Waals surface area contributed by atoms with Crippen molar-refractivity contribution in [1.82, 2.24) is 5.32 Å². The van der Waals surface area contributed by atoms with Crippen molar-refractivity contribution in [2.75, 3.05) is 6.54 Å². The lowest BCUT2D eigenvalue weighted by atomic mass is 9.67. The second kappa shape index (κ2) is 7.82. The summed E-state index contributed by atoms with van der Waals surface area (Å²) in [5.41, 5.74) is 6.85. The van der Waals surface area contributed by atoms with E-state index in [9.17, 15) is 9.59 Å². The van der Waals surface area contributed by atoms with Gasteiger partial charge >= 0.3 is 0 Å². The summed E-state index contributed by atoms with van der Waals surface area (Å²) in [6, 6.07) is 7.32. The molecule has 3 N–H and O–H groups in total. The number of fused-ring (bicyclic) bond motifs is 1. The van der Waals surface area contributed by atoms with E-state index in [4.69, 9.17) is 5.73 Å². The lowest BCUT2D eigenvalue weighted by molar-refractivity contribution is -0.127. The highest BCUT2D eigenvalue weighted by atomic mass is 16.2. The smallest absolute Gasteiger partial charge is 0.248 e.